The van der Waals surface area contributed by atoms with E-state index in [0.717, 1.165) is 12.1 Å². The molecule has 146 valence electrons. The van der Waals surface area contributed by atoms with Gasteiger partial charge < -0.3 is 4.90 Å². The van der Waals surface area contributed by atoms with Gasteiger partial charge in [0.05, 0.1) is 11.2 Å². The first kappa shape index (κ1) is 18.2. The predicted octanol–water partition coefficient (Wildman–Crippen LogP) is 6.47. The summed E-state index contributed by atoms with van der Waals surface area (Å²) in [4.78, 5) is 14.8. The lowest BCUT2D eigenvalue weighted by molar-refractivity contribution is -0.117. The van der Waals surface area contributed by atoms with Gasteiger partial charge in [0.1, 0.15) is 0 Å². The SMILES string of the molecule is CC(C)(C)c1ccc(C2=CC3(C)CCC(=O)N3c3ccc4ccccc4c32)cc1. The molecule has 0 aromatic heterocycles. The molecule has 1 amide bonds. The van der Waals surface area contributed by atoms with Gasteiger partial charge in [-0.15, -0.1) is 0 Å². The van der Waals surface area contributed by atoms with Crippen molar-refractivity contribution >= 4 is 27.9 Å². The average Bonchev–Trinajstić information content (AvgIpc) is 3.01. The van der Waals surface area contributed by atoms with Crippen molar-refractivity contribution in [2.45, 2.75) is 51.5 Å². The van der Waals surface area contributed by atoms with E-state index in [1.165, 1.54) is 33.0 Å². The summed E-state index contributed by atoms with van der Waals surface area (Å²) < 4.78 is 0. The van der Waals surface area contributed by atoms with Gasteiger partial charge in [0, 0.05) is 12.0 Å². The minimum atomic E-state index is -0.259. The van der Waals surface area contributed by atoms with E-state index in [9.17, 15) is 4.79 Å². The molecule has 2 nitrogen and oxygen atoms in total. The fourth-order valence-electron chi connectivity index (χ4n) is 4.90. The number of carbonyl (C=O) groups excluding carboxylic acids is 1. The fraction of sp³-hybridized carbons (Fsp3) is 0.296. The van der Waals surface area contributed by atoms with Crippen LogP contribution in [0.4, 0.5) is 5.69 Å². The number of anilines is 1. The Hall–Kier alpha value is -2.87. The molecule has 0 radical (unpaired) electrons. The first-order valence-electron chi connectivity index (χ1n) is 10.5. The zero-order valence-corrected chi connectivity index (χ0v) is 17.6. The minimum absolute atomic E-state index is 0.130. The number of benzene rings is 3. The quantitative estimate of drug-likeness (QED) is 0.473. The van der Waals surface area contributed by atoms with E-state index in [2.05, 4.69) is 94.4 Å². The highest BCUT2D eigenvalue weighted by Gasteiger charge is 2.45. The molecule has 1 fully saturated rings. The Labute approximate surface area is 172 Å². The molecule has 0 spiro atoms. The number of rotatable bonds is 1. The van der Waals surface area contributed by atoms with Crippen LogP contribution in [0.25, 0.3) is 16.3 Å². The third kappa shape index (κ3) is 2.73. The van der Waals surface area contributed by atoms with E-state index in [4.69, 9.17) is 0 Å². The predicted molar refractivity (Wildman–Crippen MR) is 121 cm³/mol. The van der Waals surface area contributed by atoms with Crippen molar-refractivity contribution in [3.05, 3.63) is 83.4 Å². The van der Waals surface area contributed by atoms with Crippen LogP contribution in [0.3, 0.4) is 0 Å². The molecular weight excluding hydrogens is 354 g/mol. The molecule has 29 heavy (non-hydrogen) atoms. The Morgan fingerprint density at radius 1 is 0.931 bits per heavy atom. The zero-order valence-electron chi connectivity index (χ0n) is 17.6. The molecule has 2 aliphatic rings. The highest BCUT2D eigenvalue weighted by atomic mass is 16.2. The van der Waals surface area contributed by atoms with Crippen molar-refractivity contribution in [2.75, 3.05) is 4.90 Å². The summed E-state index contributed by atoms with van der Waals surface area (Å²) >= 11 is 0. The van der Waals surface area contributed by atoms with Gasteiger partial charge in [0.15, 0.2) is 0 Å². The summed E-state index contributed by atoms with van der Waals surface area (Å²) in [5, 5.41) is 2.41. The Morgan fingerprint density at radius 2 is 1.66 bits per heavy atom. The summed E-state index contributed by atoms with van der Waals surface area (Å²) in [5.74, 6) is 0.224. The molecule has 0 bridgehead atoms. The molecule has 2 heteroatoms. The smallest absolute Gasteiger partial charge is 0.227 e. The molecule has 2 aliphatic heterocycles. The lowest BCUT2D eigenvalue weighted by Crippen LogP contribution is -2.44. The van der Waals surface area contributed by atoms with Crippen molar-refractivity contribution in [3.63, 3.8) is 0 Å². The summed E-state index contributed by atoms with van der Waals surface area (Å²) in [6.07, 6.45) is 3.80. The zero-order chi connectivity index (χ0) is 20.4. The number of hydrogen-bond donors (Lipinski definition) is 0. The lowest BCUT2D eigenvalue weighted by atomic mass is 9.81. The monoisotopic (exact) mass is 381 g/mol. The topological polar surface area (TPSA) is 20.3 Å². The second-order valence-corrected chi connectivity index (χ2v) is 9.65. The van der Waals surface area contributed by atoms with Crippen molar-refractivity contribution < 1.29 is 4.79 Å². The van der Waals surface area contributed by atoms with Crippen molar-refractivity contribution in [1.29, 1.82) is 0 Å². The van der Waals surface area contributed by atoms with Gasteiger partial charge in [-0.1, -0.05) is 81.4 Å². The molecule has 1 atom stereocenters. The summed E-state index contributed by atoms with van der Waals surface area (Å²) in [6.45, 7) is 8.93. The fourth-order valence-corrected chi connectivity index (χ4v) is 4.90. The molecule has 0 N–H and O–H groups in total. The van der Waals surface area contributed by atoms with Gasteiger partial charge in [0.2, 0.25) is 5.91 Å². The Balaban J connectivity index is 1.78. The van der Waals surface area contributed by atoms with E-state index >= 15 is 0 Å². The second-order valence-electron chi connectivity index (χ2n) is 9.65. The third-order valence-electron chi connectivity index (χ3n) is 6.54. The van der Waals surface area contributed by atoms with Crippen LogP contribution in [0, 0.1) is 0 Å². The van der Waals surface area contributed by atoms with Crippen molar-refractivity contribution in [3.8, 4) is 0 Å². The van der Waals surface area contributed by atoms with Crippen LogP contribution in [0.2, 0.25) is 0 Å². The molecule has 3 aromatic carbocycles. The molecule has 0 saturated carbocycles. The van der Waals surface area contributed by atoms with Crippen LogP contribution in [0.15, 0.2) is 66.7 Å². The highest BCUT2D eigenvalue weighted by molar-refractivity contribution is 6.11. The van der Waals surface area contributed by atoms with Crippen LogP contribution in [0.5, 0.6) is 0 Å². The minimum Gasteiger partial charge on any atom is -0.302 e. The normalized spacial score (nSPS) is 21.2. The van der Waals surface area contributed by atoms with Crippen LogP contribution in [-0.2, 0) is 10.2 Å². The van der Waals surface area contributed by atoms with Crippen LogP contribution < -0.4 is 4.90 Å². The second kappa shape index (κ2) is 6.06. The first-order valence-corrected chi connectivity index (χ1v) is 10.5. The maximum Gasteiger partial charge on any atom is 0.227 e. The maximum absolute atomic E-state index is 12.8. The van der Waals surface area contributed by atoms with Crippen LogP contribution in [0.1, 0.15) is 57.2 Å². The number of amides is 1. The van der Waals surface area contributed by atoms with E-state index in [0.29, 0.717) is 6.42 Å². The number of nitrogens with zero attached hydrogens (tertiary/aromatic N) is 1. The van der Waals surface area contributed by atoms with Gasteiger partial charge >= 0.3 is 0 Å². The summed E-state index contributed by atoms with van der Waals surface area (Å²) in [6, 6.07) is 21.7. The highest BCUT2D eigenvalue weighted by Crippen LogP contribution is 2.49. The summed E-state index contributed by atoms with van der Waals surface area (Å²) in [7, 11) is 0. The van der Waals surface area contributed by atoms with Gasteiger partial charge in [-0.25, -0.2) is 0 Å². The first-order chi connectivity index (χ1) is 13.8. The molecule has 0 aliphatic carbocycles. The molecular formula is C27H27NO. The Bertz CT molecular complexity index is 1160. The number of hydrogen-bond acceptors (Lipinski definition) is 1. The largest absolute Gasteiger partial charge is 0.302 e. The van der Waals surface area contributed by atoms with Gasteiger partial charge in [-0.05, 0) is 52.3 Å². The Morgan fingerprint density at radius 3 is 2.38 bits per heavy atom. The molecule has 3 aromatic rings. The van der Waals surface area contributed by atoms with Gasteiger partial charge in [-0.3, -0.25) is 4.79 Å². The maximum atomic E-state index is 12.8. The number of carbonyl (C=O) groups is 1. The Kier molecular flexibility index (Phi) is 3.80. The molecule has 1 unspecified atom stereocenters. The third-order valence-corrected chi connectivity index (χ3v) is 6.54. The number of fused-ring (bicyclic) bond motifs is 5. The van der Waals surface area contributed by atoms with Gasteiger partial charge in [0.25, 0.3) is 0 Å². The van der Waals surface area contributed by atoms with Crippen LogP contribution in [-0.4, -0.2) is 11.4 Å². The van der Waals surface area contributed by atoms with Crippen LogP contribution >= 0.6 is 0 Å². The van der Waals surface area contributed by atoms with Crippen molar-refractivity contribution in [1.82, 2.24) is 0 Å². The van der Waals surface area contributed by atoms with E-state index < -0.39 is 0 Å². The average molecular weight is 382 g/mol. The molecule has 5 rings (SSSR count). The summed E-state index contributed by atoms with van der Waals surface area (Å²) in [5.41, 5.74) is 5.89. The van der Waals surface area contributed by atoms with E-state index in [-0.39, 0.29) is 16.9 Å². The molecule has 1 saturated heterocycles. The van der Waals surface area contributed by atoms with E-state index in [1.807, 2.05) is 4.90 Å². The van der Waals surface area contributed by atoms with Crippen molar-refractivity contribution in [2.24, 2.45) is 0 Å². The molecule has 2 heterocycles. The van der Waals surface area contributed by atoms with Gasteiger partial charge in [-0.2, -0.15) is 0 Å². The van der Waals surface area contributed by atoms with E-state index in [1.54, 1.807) is 0 Å². The lowest BCUT2D eigenvalue weighted by Gasteiger charge is -2.39. The standard InChI is InChI=1S/C27H27NO/c1-26(2,3)20-12-9-19(10-13-20)22-17-27(4)16-15-24(29)28(27)23-14-11-18-7-5-6-8-21(18)25(22)23/h5-14,17H,15-16H2,1-4H3.